The average molecular weight is 307 g/mol. The van der Waals surface area contributed by atoms with Crippen molar-refractivity contribution in [3.63, 3.8) is 0 Å². The second-order valence-electron chi connectivity index (χ2n) is 5.73. The lowest BCUT2D eigenvalue weighted by Crippen LogP contribution is -2.52. The number of halogens is 1. The highest BCUT2D eigenvalue weighted by Crippen LogP contribution is 2.17. The van der Waals surface area contributed by atoms with E-state index in [4.69, 9.17) is 4.74 Å². The second-order valence-corrected chi connectivity index (χ2v) is 5.73. The van der Waals surface area contributed by atoms with Crippen molar-refractivity contribution in [2.45, 2.75) is 0 Å². The van der Waals surface area contributed by atoms with Crippen LogP contribution in [0.2, 0.25) is 0 Å². The topological polar surface area (TPSA) is 36.0 Å². The quantitative estimate of drug-likeness (QED) is 0.828. The predicted molar refractivity (Wildman–Crippen MR) is 82.5 cm³/mol. The fourth-order valence-electron chi connectivity index (χ4n) is 2.92. The molecule has 0 bridgehead atoms. The van der Waals surface area contributed by atoms with Gasteiger partial charge in [-0.3, -0.25) is 9.69 Å². The Kier molecular flexibility index (Phi) is 4.90. The fraction of sp³-hybridized carbons (Fsp3) is 0.562. The summed E-state index contributed by atoms with van der Waals surface area (Å²) in [6.45, 7) is 6.61. The molecule has 2 saturated heterocycles. The third kappa shape index (κ3) is 3.75. The van der Waals surface area contributed by atoms with Gasteiger partial charge in [0, 0.05) is 45.0 Å². The molecule has 2 aliphatic heterocycles. The highest BCUT2D eigenvalue weighted by molar-refractivity contribution is 5.78. The van der Waals surface area contributed by atoms with Gasteiger partial charge in [0.2, 0.25) is 5.91 Å². The molecule has 0 spiro atoms. The molecule has 22 heavy (non-hydrogen) atoms. The molecule has 2 aliphatic rings. The van der Waals surface area contributed by atoms with E-state index in [-0.39, 0.29) is 11.7 Å². The first-order valence-corrected chi connectivity index (χ1v) is 7.81. The summed E-state index contributed by atoms with van der Waals surface area (Å²) < 4.78 is 18.3. The molecule has 1 amide bonds. The molecule has 0 aliphatic carbocycles. The van der Waals surface area contributed by atoms with Crippen LogP contribution in [0.4, 0.5) is 10.1 Å². The van der Waals surface area contributed by atoms with Crippen LogP contribution in [0.1, 0.15) is 0 Å². The third-order valence-corrected chi connectivity index (χ3v) is 4.29. The van der Waals surface area contributed by atoms with Crippen LogP contribution < -0.4 is 4.90 Å². The standard InChI is InChI=1S/C16H22FN3O2/c17-14-1-3-15(4-2-14)19-5-7-20(8-6-19)16(21)13-18-9-11-22-12-10-18/h1-4H,5-13H2. The summed E-state index contributed by atoms with van der Waals surface area (Å²) >= 11 is 0. The molecule has 0 radical (unpaired) electrons. The van der Waals surface area contributed by atoms with Crippen molar-refractivity contribution in [2.75, 3.05) is 63.9 Å². The van der Waals surface area contributed by atoms with Gasteiger partial charge in [-0.1, -0.05) is 0 Å². The zero-order chi connectivity index (χ0) is 15.4. The summed E-state index contributed by atoms with van der Waals surface area (Å²) in [6.07, 6.45) is 0. The molecule has 2 fully saturated rings. The predicted octanol–water partition coefficient (Wildman–Crippen LogP) is 0.807. The largest absolute Gasteiger partial charge is 0.379 e. The van der Waals surface area contributed by atoms with Crippen LogP contribution >= 0.6 is 0 Å². The number of ether oxygens (including phenoxy) is 1. The molecule has 0 atom stereocenters. The Morgan fingerprint density at radius 1 is 1.00 bits per heavy atom. The molecule has 5 nitrogen and oxygen atoms in total. The van der Waals surface area contributed by atoms with E-state index in [1.54, 1.807) is 12.1 Å². The molecule has 0 saturated carbocycles. The summed E-state index contributed by atoms with van der Waals surface area (Å²) in [5.74, 6) is -0.0243. The van der Waals surface area contributed by atoms with Gasteiger partial charge in [0.1, 0.15) is 5.82 Å². The van der Waals surface area contributed by atoms with E-state index >= 15 is 0 Å². The van der Waals surface area contributed by atoms with Crippen molar-refractivity contribution >= 4 is 11.6 Å². The maximum absolute atomic E-state index is 13.0. The lowest BCUT2D eigenvalue weighted by Gasteiger charge is -2.37. The lowest BCUT2D eigenvalue weighted by molar-refractivity contribution is -0.133. The first-order chi connectivity index (χ1) is 10.7. The number of hydrogen-bond acceptors (Lipinski definition) is 4. The van der Waals surface area contributed by atoms with Crippen molar-refractivity contribution in [2.24, 2.45) is 0 Å². The van der Waals surface area contributed by atoms with E-state index in [1.165, 1.54) is 12.1 Å². The van der Waals surface area contributed by atoms with Gasteiger partial charge in [-0.05, 0) is 24.3 Å². The number of rotatable bonds is 3. The molecule has 0 aromatic heterocycles. The van der Waals surface area contributed by atoms with Crippen molar-refractivity contribution < 1.29 is 13.9 Å². The molecular weight excluding hydrogens is 285 g/mol. The molecule has 120 valence electrons. The maximum atomic E-state index is 13.0. The molecule has 6 heteroatoms. The highest BCUT2D eigenvalue weighted by atomic mass is 19.1. The number of anilines is 1. The molecule has 0 N–H and O–H groups in total. The van der Waals surface area contributed by atoms with Crippen molar-refractivity contribution in [1.82, 2.24) is 9.80 Å². The minimum atomic E-state index is -0.219. The molecular formula is C16H22FN3O2. The number of amides is 1. The van der Waals surface area contributed by atoms with Gasteiger partial charge in [-0.25, -0.2) is 4.39 Å². The zero-order valence-corrected chi connectivity index (χ0v) is 12.7. The van der Waals surface area contributed by atoms with E-state index in [1.807, 2.05) is 4.90 Å². The first-order valence-electron chi connectivity index (χ1n) is 7.81. The molecule has 0 unspecified atom stereocenters. The second kappa shape index (κ2) is 7.07. The fourth-order valence-corrected chi connectivity index (χ4v) is 2.92. The Hall–Kier alpha value is -1.66. The van der Waals surface area contributed by atoms with E-state index in [9.17, 15) is 9.18 Å². The van der Waals surface area contributed by atoms with Crippen LogP contribution in [0, 0.1) is 5.82 Å². The number of benzene rings is 1. The zero-order valence-electron chi connectivity index (χ0n) is 12.7. The summed E-state index contributed by atoms with van der Waals surface area (Å²) in [5.41, 5.74) is 1.02. The SMILES string of the molecule is O=C(CN1CCOCC1)N1CCN(c2ccc(F)cc2)CC1. The minimum absolute atomic E-state index is 0.195. The lowest BCUT2D eigenvalue weighted by atomic mass is 10.2. The van der Waals surface area contributed by atoms with Gasteiger partial charge < -0.3 is 14.5 Å². The van der Waals surface area contributed by atoms with Crippen LogP contribution in [-0.4, -0.2) is 74.7 Å². The molecule has 2 heterocycles. The number of carbonyl (C=O) groups is 1. The Bertz CT molecular complexity index is 495. The van der Waals surface area contributed by atoms with Crippen LogP contribution in [0.5, 0.6) is 0 Å². The van der Waals surface area contributed by atoms with Gasteiger partial charge in [-0.2, -0.15) is 0 Å². The van der Waals surface area contributed by atoms with E-state index in [0.717, 1.165) is 45.0 Å². The van der Waals surface area contributed by atoms with Crippen molar-refractivity contribution in [1.29, 1.82) is 0 Å². The monoisotopic (exact) mass is 307 g/mol. The van der Waals surface area contributed by atoms with Crippen LogP contribution in [-0.2, 0) is 9.53 Å². The minimum Gasteiger partial charge on any atom is -0.379 e. The summed E-state index contributed by atoms with van der Waals surface area (Å²) in [7, 11) is 0. The van der Waals surface area contributed by atoms with Crippen molar-refractivity contribution in [3.05, 3.63) is 30.1 Å². The molecule has 3 rings (SSSR count). The molecule has 1 aromatic carbocycles. The maximum Gasteiger partial charge on any atom is 0.236 e. The Morgan fingerprint density at radius 3 is 2.27 bits per heavy atom. The van der Waals surface area contributed by atoms with E-state index in [0.29, 0.717) is 19.8 Å². The summed E-state index contributed by atoms with van der Waals surface area (Å²) in [4.78, 5) is 18.6. The van der Waals surface area contributed by atoms with Gasteiger partial charge >= 0.3 is 0 Å². The Labute approximate surface area is 130 Å². The third-order valence-electron chi connectivity index (χ3n) is 4.29. The number of piperazine rings is 1. The normalized spacial score (nSPS) is 20.2. The number of carbonyl (C=O) groups excluding carboxylic acids is 1. The summed E-state index contributed by atoms with van der Waals surface area (Å²) in [5, 5.41) is 0. The van der Waals surface area contributed by atoms with Gasteiger partial charge in [-0.15, -0.1) is 0 Å². The van der Waals surface area contributed by atoms with E-state index in [2.05, 4.69) is 9.80 Å². The average Bonchev–Trinajstić information content (AvgIpc) is 2.57. The Morgan fingerprint density at radius 2 is 1.64 bits per heavy atom. The highest BCUT2D eigenvalue weighted by Gasteiger charge is 2.23. The first kappa shape index (κ1) is 15.2. The number of hydrogen-bond donors (Lipinski definition) is 0. The van der Waals surface area contributed by atoms with Gasteiger partial charge in [0.15, 0.2) is 0 Å². The number of morpholine rings is 1. The Balaban J connectivity index is 1.48. The van der Waals surface area contributed by atoms with Gasteiger partial charge in [0.25, 0.3) is 0 Å². The van der Waals surface area contributed by atoms with Crippen LogP contribution in [0.15, 0.2) is 24.3 Å². The number of nitrogens with zero attached hydrogens (tertiary/aromatic N) is 3. The van der Waals surface area contributed by atoms with Crippen LogP contribution in [0.3, 0.4) is 0 Å². The van der Waals surface area contributed by atoms with Crippen LogP contribution in [0.25, 0.3) is 0 Å². The van der Waals surface area contributed by atoms with E-state index < -0.39 is 0 Å². The van der Waals surface area contributed by atoms with Gasteiger partial charge in [0.05, 0.1) is 19.8 Å². The molecule has 1 aromatic rings. The smallest absolute Gasteiger partial charge is 0.236 e. The van der Waals surface area contributed by atoms with Crippen molar-refractivity contribution in [3.8, 4) is 0 Å². The summed E-state index contributed by atoms with van der Waals surface area (Å²) in [6, 6.07) is 6.54.